The molecule has 0 saturated carbocycles. The lowest BCUT2D eigenvalue weighted by Crippen LogP contribution is -2.29. The second-order valence-electron chi connectivity index (χ2n) is 6.53. The number of anilines is 1. The van der Waals surface area contributed by atoms with Gasteiger partial charge in [-0.2, -0.15) is 0 Å². The van der Waals surface area contributed by atoms with Gasteiger partial charge < -0.3 is 9.52 Å². The van der Waals surface area contributed by atoms with Crippen LogP contribution in [0.4, 0.5) is 5.69 Å². The monoisotopic (exact) mass is 393 g/mol. The first-order valence-corrected chi connectivity index (χ1v) is 9.02. The number of nitrogens with zero attached hydrogens (tertiary/aromatic N) is 1. The molecule has 3 aromatic rings. The normalized spacial score (nSPS) is 18.6. The fourth-order valence-electron chi connectivity index (χ4n) is 3.31. The third-order valence-corrected chi connectivity index (χ3v) is 4.90. The van der Waals surface area contributed by atoms with Crippen LogP contribution in [0.15, 0.2) is 76.9 Å². The van der Waals surface area contributed by atoms with E-state index in [1.165, 1.54) is 11.2 Å². The first-order valence-electron chi connectivity index (χ1n) is 8.64. The molecule has 1 amide bonds. The molecule has 1 fully saturated rings. The number of ketones is 1. The Morgan fingerprint density at radius 1 is 1.07 bits per heavy atom. The summed E-state index contributed by atoms with van der Waals surface area (Å²) in [6, 6.07) is 16.1. The SMILES string of the molecule is Cc1ccc(/C(O)=C2/C(=O)C(=O)N(c3cccc(Cl)c3)C2c2ccco2)cc1. The van der Waals surface area contributed by atoms with Crippen molar-refractivity contribution in [3.05, 3.63) is 94.4 Å². The molecule has 2 aromatic carbocycles. The van der Waals surface area contributed by atoms with E-state index < -0.39 is 17.7 Å². The van der Waals surface area contributed by atoms with Crippen molar-refractivity contribution in [3.8, 4) is 0 Å². The molecule has 0 radical (unpaired) electrons. The number of amides is 1. The van der Waals surface area contributed by atoms with Crippen LogP contribution < -0.4 is 4.90 Å². The van der Waals surface area contributed by atoms with Gasteiger partial charge in [-0.3, -0.25) is 14.5 Å². The molecule has 0 aliphatic carbocycles. The summed E-state index contributed by atoms with van der Waals surface area (Å²) in [6.45, 7) is 1.92. The third kappa shape index (κ3) is 3.00. The molecule has 0 bridgehead atoms. The molecule has 5 nitrogen and oxygen atoms in total. The lowest BCUT2D eigenvalue weighted by molar-refractivity contribution is -0.132. The van der Waals surface area contributed by atoms with Crippen molar-refractivity contribution in [2.45, 2.75) is 13.0 Å². The van der Waals surface area contributed by atoms with Crippen molar-refractivity contribution < 1.29 is 19.1 Å². The Balaban J connectivity index is 1.93. The van der Waals surface area contributed by atoms with Crippen molar-refractivity contribution in [2.24, 2.45) is 0 Å². The fourth-order valence-corrected chi connectivity index (χ4v) is 3.49. The van der Waals surface area contributed by atoms with Gasteiger partial charge in [-0.15, -0.1) is 0 Å². The maximum absolute atomic E-state index is 12.9. The molecular formula is C22H16ClNO4. The fraction of sp³-hybridized carbons (Fsp3) is 0.0909. The molecule has 4 rings (SSSR count). The molecule has 1 atom stereocenters. The van der Waals surface area contributed by atoms with E-state index in [4.69, 9.17) is 16.0 Å². The summed E-state index contributed by atoms with van der Waals surface area (Å²) < 4.78 is 5.51. The number of rotatable bonds is 3. The summed E-state index contributed by atoms with van der Waals surface area (Å²) in [5.74, 6) is -1.41. The number of carbonyl (C=O) groups is 2. The number of halogens is 1. The average Bonchev–Trinajstić information content (AvgIpc) is 3.29. The van der Waals surface area contributed by atoms with E-state index in [1.54, 1.807) is 48.5 Å². The minimum absolute atomic E-state index is 0.0243. The Bertz CT molecular complexity index is 1080. The van der Waals surface area contributed by atoms with Crippen LogP contribution >= 0.6 is 11.6 Å². The minimum atomic E-state index is -0.894. The summed E-state index contributed by atoms with van der Waals surface area (Å²) in [5, 5.41) is 11.3. The van der Waals surface area contributed by atoms with Gasteiger partial charge in [-0.25, -0.2) is 0 Å². The van der Waals surface area contributed by atoms with Gasteiger partial charge in [-0.1, -0.05) is 47.5 Å². The molecule has 6 heteroatoms. The highest BCUT2D eigenvalue weighted by molar-refractivity contribution is 6.51. The average molecular weight is 394 g/mol. The van der Waals surface area contributed by atoms with Gasteiger partial charge in [0.1, 0.15) is 17.6 Å². The van der Waals surface area contributed by atoms with E-state index in [0.29, 0.717) is 22.0 Å². The van der Waals surface area contributed by atoms with E-state index in [-0.39, 0.29) is 11.3 Å². The molecule has 1 aliphatic heterocycles. The number of furan rings is 1. The van der Waals surface area contributed by atoms with Gasteiger partial charge in [-0.05, 0) is 37.3 Å². The smallest absolute Gasteiger partial charge is 0.300 e. The van der Waals surface area contributed by atoms with Crippen LogP contribution in [0.1, 0.15) is 22.9 Å². The molecule has 1 aliphatic rings. The van der Waals surface area contributed by atoms with Gasteiger partial charge in [0.05, 0.1) is 11.8 Å². The van der Waals surface area contributed by atoms with E-state index in [0.717, 1.165) is 5.56 Å². The molecule has 1 saturated heterocycles. The van der Waals surface area contributed by atoms with Crippen molar-refractivity contribution >= 4 is 34.7 Å². The molecule has 140 valence electrons. The van der Waals surface area contributed by atoms with Crippen LogP contribution in [0, 0.1) is 6.92 Å². The summed E-state index contributed by atoms with van der Waals surface area (Å²) in [5.41, 5.74) is 1.88. The topological polar surface area (TPSA) is 70.8 Å². The zero-order valence-corrected chi connectivity index (χ0v) is 15.7. The highest BCUT2D eigenvalue weighted by atomic mass is 35.5. The van der Waals surface area contributed by atoms with Crippen LogP contribution in [0.3, 0.4) is 0 Å². The lowest BCUT2D eigenvalue weighted by atomic mass is 9.98. The van der Waals surface area contributed by atoms with E-state index in [2.05, 4.69) is 0 Å². The quantitative estimate of drug-likeness (QED) is 0.391. The van der Waals surface area contributed by atoms with Crippen LogP contribution in [0.2, 0.25) is 5.02 Å². The van der Waals surface area contributed by atoms with Crippen LogP contribution in [-0.2, 0) is 9.59 Å². The predicted octanol–water partition coefficient (Wildman–Crippen LogP) is 4.87. The first kappa shape index (κ1) is 18.1. The third-order valence-electron chi connectivity index (χ3n) is 4.67. The molecule has 1 N–H and O–H groups in total. The summed E-state index contributed by atoms with van der Waals surface area (Å²) in [6.07, 6.45) is 1.46. The number of hydrogen-bond acceptors (Lipinski definition) is 4. The van der Waals surface area contributed by atoms with Gasteiger partial charge in [0.25, 0.3) is 11.7 Å². The van der Waals surface area contributed by atoms with E-state index in [9.17, 15) is 14.7 Å². The summed E-state index contributed by atoms with van der Waals surface area (Å²) >= 11 is 6.08. The second-order valence-corrected chi connectivity index (χ2v) is 6.97. The van der Waals surface area contributed by atoms with Crippen LogP contribution in [-0.4, -0.2) is 16.8 Å². The first-order chi connectivity index (χ1) is 13.5. The van der Waals surface area contributed by atoms with Crippen LogP contribution in [0.5, 0.6) is 0 Å². The number of Topliss-reactive ketones (excluding diaryl/α,β-unsaturated/α-hetero) is 1. The highest BCUT2D eigenvalue weighted by Gasteiger charge is 2.48. The van der Waals surface area contributed by atoms with Crippen molar-refractivity contribution in [3.63, 3.8) is 0 Å². The summed E-state index contributed by atoms with van der Waals surface area (Å²) in [7, 11) is 0. The summed E-state index contributed by atoms with van der Waals surface area (Å²) in [4.78, 5) is 27.0. The Morgan fingerprint density at radius 3 is 2.46 bits per heavy atom. The molecular weight excluding hydrogens is 378 g/mol. The molecule has 1 unspecified atom stereocenters. The molecule has 0 spiro atoms. The predicted molar refractivity (Wildman–Crippen MR) is 106 cm³/mol. The number of aryl methyl sites for hydroxylation is 1. The van der Waals surface area contributed by atoms with Gasteiger partial charge in [0, 0.05) is 16.3 Å². The Labute approximate surface area is 166 Å². The van der Waals surface area contributed by atoms with Gasteiger partial charge in [0.15, 0.2) is 0 Å². The standard InChI is InChI=1S/C22H16ClNO4/c1-13-7-9-14(10-8-13)20(25)18-19(17-6-3-11-28-17)24(22(27)21(18)26)16-5-2-4-15(23)12-16/h2-12,19,25H,1H3/b20-18-. The molecule has 1 aromatic heterocycles. The van der Waals surface area contributed by atoms with E-state index >= 15 is 0 Å². The van der Waals surface area contributed by atoms with Gasteiger partial charge >= 0.3 is 0 Å². The second kappa shape index (κ2) is 7.02. The Kier molecular flexibility index (Phi) is 4.53. The highest BCUT2D eigenvalue weighted by Crippen LogP contribution is 2.42. The molecule has 28 heavy (non-hydrogen) atoms. The number of aliphatic hydroxyl groups is 1. The van der Waals surface area contributed by atoms with Crippen molar-refractivity contribution in [1.29, 1.82) is 0 Å². The molecule has 2 heterocycles. The Morgan fingerprint density at radius 2 is 1.82 bits per heavy atom. The number of hydrogen-bond donors (Lipinski definition) is 1. The van der Waals surface area contributed by atoms with Gasteiger partial charge in [0.2, 0.25) is 0 Å². The number of carbonyl (C=O) groups excluding carboxylic acids is 2. The number of aliphatic hydroxyl groups excluding tert-OH is 1. The minimum Gasteiger partial charge on any atom is -0.507 e. The number of benzene rings is 2. The van der Waals surface area contributed by atoms with Crippen molar-refractivity contribution in [1.82, 2.24) is 0 Å². The Hall–Kier alpha value is -3.31. The van der Waals surface area contributed by atoms with E-state index in [1.807, 2.05) is 19.1 Å². The van der Waals surface area contributed by atoms with Crippen LogP contribution in [0.25, 0.3) is 5.76 Å². The zero-order chi connectivity index (χ0) is 19.8. The van der Waals surface area contributed by atoms with Crippen molar-refractivity contribution in [2.75, 3.05) is 4.90 Å². The lowest BCUT2D eigenvalue weighted by Gasteiger charge is -2.23. The largest absolute Gasteiger partial charge is 0.507 e. The maximum Gasteiger partial charge on any atom is 0.300 e. The maximum atomic E-state index is 12.9. The zero-order valence-electron chi connectivity index (χ0n) is 14.9.